The minimum Gasteiger partial charge on any atom is -0.154 e. The zero-order chi connectivity index (χ0) is 33.6. The maximum atomic E-state index is 2.40. The van der Waals surface area contributed by atoms with Gasteiger partial charge in [0.1, 0.15) is 0 Å². The molecule has 2 heteroatoms. The minimum absolute atomic E-state index is 1.13. The Hall–Kier alpha value is -4.30. The Bertz CT molecular complexity index is 1440. The van der Waals surface area contributed by atoms with Gasteiger partial charge in [0.05, 0.1) is 0 Å². The highest BCUT2D eigenvalue weighted by atomic mass is 15.0. The summed E-state index contributed by atoms with van der Waals surface area (Å²) in [7, 11) is 0. The standard InChI is InChI=1S/C46H56N2/c1-5-9-13-37-17-25-41(26-18-37)47(42-27-19-38(20-28-42)14-10-6-2)45-33-35-46(36-34-45)48(43-29-21-39(22-30-43)15-11-7-3)44-31-23-40(24-32-44)16-12-8-4/h17-36H,5-16H2,1-4H3/q+2. The van der Waals surface area contributed by atoms with Crippen molar-refractivity contribution in [3.8, 4) is 0 Å². The van der Waals surface area contributed by atoms with Crippen LogP contribution in [0.15, 0.2) is 121 Å². The predicted molar refractivity (Wildman–Crippen MR) is 211 cm³/mol. The molecule has 2 nitrogen and oxygen atoms in total. The first kappa shape index (κ1) is 35.0. The fourth-order valence-electron chi connectivity index (χ4n) is 6.42. The summed E-state index contributed by atoms with van der Waals surface area (Å²) in [5.41, 5.74) is 12.7. The third kappa shape index (κ3) is 9.41. The van der Waals surface area contributed by atoms with E-state index in [1.807, 2.05) is 0 Å². The lowest BCUT2D eigenvalue weighted by molar-refractivity contribution is 0.794. The maximum Gasteiger partial charge on any atom is 0.212 e. The van der Waals surface area contributed by atoms with Gasteiger partial charge in [0.2, 0.25) is 34.2 Å². The van der Waals surface area contributed by atoms with Crippen LogP contribution in [0.25, 0.3) is 0 Å². The van der Waals surface area contributed by atoms with Crippen molar-refractivity contribution in [1.29, 1.82) is 0 Å². The van der Waals surface area contributed by atoms with Crippen LogP contribution in [-0.2, 0) is 25.7 Å². The van der Waals surface area contributed by atoms with E-state index in [9.17, 15) is 0 Å². The van der Waals surface area contributed by atoms with Gasteiger partial charge in [0.15, 0.2) is 0 Å². The van der Waals surface area contributed by atoms with Gasteiger partial charge in [-0.2, -0.15) is 9.15 Å². The van der Waals surface area contributed by atoms with Crippen molar-refractivity contribution >= 4 is 34.2 Å². The maximum absolute atomic E-state index is 2.40. The van der Waals surface area contributed by atoms with Crippen LogP contribution in [-0.4, -0.2) is 11.4 Å². The Labute approximate surface area is 290 Å². The molecule has 0 unspecified atom stereocenters. The molecule has 0 bridgehead atoms. The Morgan fingerprint density at radius 2 is 0.521 bits per heavy atom. The molecule has 0 N–H and O–H groups in total. The molecule has 0 saturated carbocycles. The van der Waals surface area contributed by atoms with Crippen LogP contribution in [0.2, 0.25) is 0 Å². The van der Waals surface area contributed by atoms with Gasteiger partial charge >= 0.3 is 0 Å². The topological polar surface area (TPSA) is 6.02 Å². The summed E-state index contributed by atoms with van der Waals surface area (Å²) < 4.78 is 4.79. The summed E-state index contributed by atoms with van der Waals surface area (Å²) in [6, 6.07) is 36.7. The Morgan fingerprint density at radius 1 is 0.312 bits per heavy atom. The van der Waals surface area contributed by atoms with Crippen LogP contribution in [0.1, 0.15) is 101 Å². The van der Waals surface area contributed by atoms with Gasteiger partial charge in [-0.1, -0.05) is 102 Å². The largest absolute Gasteiger partial charge is 0.212 e. The van der Waals surface area contributed by atoms with E-state index in [4.69, 9.17) is 0 Å². The highest BCUT2D eigenvalue weighted by molar-refractivity contribution is 6.20. The van der Waals surface area contributed by atoms with Gasteiger partial charge in [-0.3, -0.25) is 0 Å². The molecule has 248 valence electrons. The SMILES string of the molecule is CCCCc1ccc([N+](=C2C=CC(=[N+](c3ccc(CCCC)cc3)c3ccc(CCCC)cc3)C=C2)c2ccc(CCCC)cc2)cc1. The number of benzene rings is 4. The highest BCUT2D eigenvalue weighted by Gasteiger charge is 2.24. The van der Waals surface area contributed by atoms with Gasteiger partial charge in [-0.15, -0.1) is 0 Å². The normalized spacial score (nSPS) is 12.5. The van der Waals surface area contributed by atoms with E-state index in [1.54, 1.807) is 0 Å². The molecular weight excluding hydrogens is 581 g/mol. The first-order valence-electron chi connectivity index (χ1n) is 18.7. The van der Waals surface area contributed by atoms with Gasteiger partial charge in [-0.05, 0) is 73.6 Å². The number of aryl methyl sites for hydroxylation is 4. The summed E-state index contributed by atoms with van der Waals surface area (Å²) in [5, 5.41) is 0. The van der Waals surface area contributed by atoms with Crippen molar-refractivity contribution < 1.29 is 0 Å². The number of hydrogen-bond acceptors (Lipinski definition) is 0. The molecule has 4 aromatic carbocycles. The quantitative estimate of drug-likeness (QED) is 0.0852. The Kier molecular flexibility index (Phi) is 13.3. The Balaban J connectivity index is 1.56. The molecule has 0 amide bonds. The summed E-state index contributed by atoms with van der Waals surface area (Å²) in [4.78, 5) is 0. The van der Waals surface area contributed by atoms with E-state index in [0.29, 0.717) is 0 Å². The predicted octanol–water partition coefficient (Wildman–Crippen LogP) is 12.4. The number of hydrogen-bond donors (Lipinski definition) is 0. The van der Waals surface area contributed by atoms with Gasteiger partial charge in [0.25, 0.3) is 0 Å². The summed E-state index contributed by atoms with van der Waals surface area (Å²) >= 11 is 0. The van der Waals surface area contributed by atoms with Crippen molar-refractivity contribution in [2.45, 2.75) is 105 Å². The molecular formula is C46H56N2+2. The van der Waals surface area contributed by atoms with Crippen molar-refractivity contribution in [2.24, 2.45) is 0 Å². The molecule has 0 heterocycles. The van der Waals surface area contributed by atoms with Crippen LogP contribution >= 0.6 is 0 Å². The molecule has 0 atom stereocenters. The fraction of sp³-hybridized carbons (Fsp3) is 0.348. The molecule has 5 rings (SSSR count). The molecule has 1 aliphatic rings. The fourth-order valence-corrected chi connectivity index (χ4v) is 6.42. The average Bonchev–Trinajstić information content (AvgIpc) is 3.14. The van der Waals surface area contributed by atoms with E-state index in [2.05, 4.69) is 158 Å². The molecule has 0 fully saturated rings. The van der Waals surface area contributed by atoms with Crippen molar-refractivity contribution in [3.05, 3.63) is 144 Å². The van der Waals surface area contributed by atoms with Crippen LogP contribution in [0, 0.1) is 0 Å². The van der Waals surface area contributed by atoms with E-state index in [0.717, 1.165) is 37.1 Å². The van der Waals surface area contributed by atoms with E-state index in [-0.39, 0.29) is 0 Å². The zero-order valence-corrected chi connectivity index (χ0v) is 29.9. The molecule has 48 heavy (non-hydrogen) atoms. The molecule has 0 aromatic heterocycles. The van der Waals surface area contributed by atoms with Gasteiger partial charge in [-0.25, -0.2) is 0 Å². The lowest BCUT2D eigenvalue weighted by atomic mass is 10.0. The lowest BCUT2D eigenvalue weighted by Crippen LogP contribution is -2.20. The van der Waals surface area contributed by atoms with E-state index < -0.39 is 0 Å². The number of rotatable bonds is 16. The van der Waals surface area contributed by atoms with Crippen LogP contribution in [0.5, 0.6) is 0 Å². The monoisotopic (exact) mass is 636 g/mol. The zero-order valence-electron chi connectivity index (χ0n) is 29.9. The summed E-state index contributed by atoms with van der Waals surface area (Å²) in [5.74, 6) is 0. The summed E-state index contributed by atoms with van der Waals surface area (Å²) in [6.07, 6.45) is 23.4. The number of allylic oxidation sites excluding steroid dienone is 4. The van der Waals surface area contributed by atoms with Crippen LogP contribution < -0.4 is 9.15 Å². The van der Waals surface area contributed by atoms with Crippen LogP contribution in [0.4, 0.5) is 22.7 Å². The number of unbranched alkanes of at least 4 members (excludes halogenated alkanes) is 4. The highest BCUT2D eigenvalue weighted by Crippen LogP contribution is 2.27. The van der Waals surface area contributed by atoms with E-state index in [1.165, 1.54) is 96.4 Å². The van der Waals surface area contributed by atoms with Crippen LogP contribution in [0.3, 0.4) is 0 Å². The second-order valence-electron chi connectivity index (χ2n) is 13.3. The molecule has 1 aliphatic carbocycles. The number of nitrogens with zero attached hydrogens (tertiary/aromatic N) is 2. The Morgan fingerprint density at radius 3 is 0.708 bits per heavy atom. The van der Waals surface area contributed by atoms with Crippen molar-refractivity contribution in [2.75, 3.05) is 0 Å². The molecule has 4 aromatic rings. The lowest BCUT2D eigenvalue weighted by Gasteiger charge is -2.11. The second-order valence-corrected chi connectivity index (χ2v) is 13.3. The third-order valence-electron chi connectivity index (χ3n) is 9.42. The molecule has 0 aliphatic heterocycles. The average molecular weight is 637 g/mol. The first-order valence-corrected chi connectivity index (χ1v) is 18.7. The minimum atomic E-state index is 1.13. The van der Waals surface area contributed by atoms with E-state index >= 15 is 0 Å². The molecule has 0 radical (unpaired) electrons. The van der Waals surface area contributed by atoms with Gasteiger partial charge in [0, 0.05) is 72.8 Å². The smallest absolute Gasteiger partial charge is 0.154 e. The van der Waals surface area contributed by atoms with Gasteiger partial charge < -0.3 is 0 Å². The van der Waals surface area contributed by atoms with Crippen molar-refractivity contribution in [3.63, 3.8) is 0 Å². The third-order valence-corrected chi connectivity index (χ3v) is 9.42. The second kappa shape index (κ2) is 18.3. The summed E-state index contributed by atoms with van der Waals surface area (Å²) in [6.45, 7) is 9.04. The van der Waals surface area contributed by atoms with Crippen molar-refractivity contribution in [1.82, 2.24) is 9.15 Å². The molecule has 0 saturated heterocycles. The molecule has 0 spiro atoms. The first-order chi connectivity index (χ1) is 23.6.